The third-order valence-corrected chi connectivity index (χ3v) is 8.59. The molecule has 17 heteroatoms. The first kappa shape index (κ1) is 33.3. The first-order valence-corrected chi connectivity index (χ1v) is 15.4. The molecular formula is C27H28FN5O9S2. The molecule has 0 radical (unpaired) electrons. The number of nitrogens with zero attached hydrogens (tertiary/aromatic N) is 1. The van der Waals surface area contributed by atoms with Crippen LogP contribution >= 0.6 is 0 Å². The Morgan fingerprint density at radius 3 is 1.80 bits per heavy atom. The highest BCUT2D eigenvalue weighted by Gasteiger charge is 2.20. The van der Waals surface area contributed by atoms with Gasteiger partial charge in [0, 0.05) is 23.0 Å². The van der Waals surface area contributed by atoms with Crippen molar-refractivity contribution in [2.24, 2.45) is 0 Å². The Bertz CT molecular complexity index is 1880. The molecule has 3 amide bonds. The summed E-state index contributed by atoms with van der Waals surface area (Å²) in [4.78, 5) is 34.2. The first-order valence-electron chi connectivity index (χ1n) is 12.4. The molecule has 3 aromatic carbocycles. The van der Waals surface area contributed by atoms with Gasteiger partial charge in [-0.15, -0.1) is 0 Å². The van der Waals surface area contributed by atoms with Crippen molar-refractivity contribution >= 4 is 60.4 Å². The molecule has 44 heavy (non-hydrogen) atoms. The van der Waals surface area contributed by atoms with Crippen molar-refractivity contribution in [3.8, 4) is 0 Å². The van der Waals surface area contributed by atoms with Gasteiger partial charge < -0.3 is 25.1 Å². The van der Waals surface area contributed by atoms with E-state index in [0.717, 1.165) is 14.2 Å². The fourth-order valence-corrected chi connectivity index (χ4v) is 5.48. The number of carbonyl (C=O) groups excluding carboxylic acids is 3. The molecular weight excluding hydrogens is 621 g/mol. The van der Waals surface area contributed by atoms with E-state index in [2.05, 4.69) is 14.8 Å². The number of benzene rings is 3. The van der Waals surface area contributed by atoms with Crippen molar-refractivity contribution in [1.29, 1.82) is 0 Å². The van der Waals surface area contributed by atoms with Crippen LogP contribution < -0.4 is 20.5 Å². The number of methoxy groups -OCH3 is 2. The summed E-state index contributed by atoms with van der Waals surface area (Å²) in [6.45, 7) is 1.67. The van der Waals surface area contributed by atoms with E-state index < -0.39 is 38.3 Å². The van der Waals surface area contributed by atoms with Crippen molar-refractivity contribution in [3.05, 3.63) is 84.8 Å². The number of carbonyl (C=O) groups is 3. The van der Waals surface area contributed by atoms with Crippen LogP contribution in [0, 0.1) is 5.82 Å². The summed E-state index contributed by atoms with van der Waals surface area (Å²) in [5.41, 5.74) is 6.78. The second-order valence-corrected chi connectivity index (χ2v) is 12.2. The highest BCUT2D eigenvalue weighted by Crippen LogP contribution is 2.24. The highest BCUT2D eigenvalue weighted by molar-refractivity contribution is 7.90. The average molecular weight is 650 g/mol. The van der Waals surface area contributed by atoms with E-state index in [4.69, 9.17) is 5.73 Å². The Morgan fingerprint density at radius 1 is 0.795 bits per heavy atom. The minimum atomic E-state index is -4.07. The van der Waals surface area contributed by atoms with E-state index in [-0.39, 0.29) is 21.5 Å². The summed E-state index contributed by atoms with van der Waals surface area (Å²) in [7, 11) is -5.82. The van der Waals surface area contributed by atoms with Gasteiger partial charge in [-0.25, -0.2) is 40.3 Å². The molecule has 14 nitrogen and oxygen atoms in total. The number of rotatable bonds is 7. The molecule has 0 saturated heterocycles. The monoisotopic (exact) mass is 649 g/mol. The quantitative estimate of drug-likeness (QED) is 0.215. The molecule has 0 unspecified atom stereocenters. The second kappa shape index (κ2) is 13.9. The fraction of sp³-hybridized carbons (Fsp3) is 0.148. The molecule has 5 N–H and O–H groups in total. The van der Waals surface area contributed by atoms with Gasteiger partial charge in [0.2, 0.25) is 5.91 Å². The molecule has 0 spiro atoms. The number of aromatic nitrogens is 1. The largest absolute Gasteiger partial charge is 0.452 e. The molecule has 0 aliphatic carbocycles. The van der Waals surface area contributed by atoms with E-state index in [1.807, 2.05) is 0 Å². The SMILES string of the molecule is COC(=O)NS(=O)(=O)c1ccc(N)cc1.COC(=O)NS(=O)(=O)c1ccc(NC(=O)[C@@H](C)n2ccc3c(F)cccc32)cc1. The standard InChI is InChI=1S/C19H18FN3O5S.C8H10N2O4S/c1-12(23-11-10-15-16(20)4-3-5-17(15)23)18(24)21-13-6-8-14(9-7-13)29(26,27)22-19(25)28-2;1-14-8(11)10-15(12,13)7-4-2-6(9)3-5-7/h3-12H,1-2H3,(H,21,24)(H,22,25);2-5H,9H2,1H3,(H,10,11)/t12-;/m1./s1. The van der Waals surface area contributed by atoms with Gasteiger partial charge in [0.1, 0.15) is 11.9 Å². The summed E-state index contributed by atoms with van der Waals surface area (Å²) >= 11 is 0. The first-order chi connectivity index (χ1) is 20.7. The van der Waals surface area contributed by atoms with E-state index in [1.54, 1.807) is 45.3 Å². The smallest absolute Gasteiger partial charge is 0.420 e. The Morgan fingerprint density at radius 2 is 1.30 bits per heavy atom. The number of nitrogens with one attached hydrogen (secondary N) is 3. The lowest BCUT2D eigenvalue weighted by atomic mass is 10.2. The summed E-state index contributed by atoms with van der Waals surface area (Å²) < 4.78 is 74.3. The average Bonchev–Trinajstić information content (AvgIpc) is 3.42. The third kappa shape index (κ3) is 8.23. The lowest BCUT2D eigenvalue weighted by Crippen LogP contribution is -2.30. The minimum absolute atomic E-state index is 0.0536. The predicted octanol–water partition coefficient (Wildman–Crippen LogP) is 3.34. The van der Waals surface area contributed by atoms with E-state index >= 15 is 0 Å². The number of hydrogen-bond acceptors (Lipinski definition) is 10. The second-order valence-electron chi connectivity index (χ2n) is 8.85. The van der Waals surface area contributed by atoms with Crippen LogP contribution in [0.2, 0.25) is 0 Å². The van der Waals surface area contributed by atoms with E-state index in [9.17, 15) is 35.6 Å². The Balaban J connectivity index is 0.000000297. The number of fused-ring (bicyclic) bond motifs is 1. The van der Waals surface area contributed by atoms with Crippen LogP contribution in [0.1, 0.15) is 13.0 Å². The van der Waals surface area contributed by atoms with Crippen LogP contribution in [-0.4, -0.2) is 53.7 Å². The molecule has 1 atom stereocenters. The van der Waals surface area contributed by atoms with Crippen LogP contribution in [0.4, 0.5) is 25.4 Å². The molecule has 234 valence electrons. The molecule has 0 bridgehead atoms. The lowest BCUT2D eigenvalue weighted by molar-refractivity contribution is -0.118. The molecule has 1 heterocycles. The predicted molar refractivity (Wildman–Crippen MR) is 158 cm³/mol. The van der Waals surface area contributed by atoms with Gasteiger partial charge in [0.05, 0.1) is 29.5 Å². The van der Waals surface area contributed by atoms with Gasteiger partial charge in [-0.1, -0.05) is 6.07 Å². The summed E-state index contributed by atoms with van der Waals surface area (Å²) in [6.07, 6.45) is -0.509. The number of anilines is 2. The maximum absolute atomic E-state index is 13.8. The topological polar surface area (TPSA) is 205 Å². The number of nitrogen functional groups attached to an aromatic ring is 1. The number of sulfonamides is 2. The number of halogens is 1. The fourth-order valence-electron chi connectivity index (χ4n) is 3.65. The highest BCUT2D eigenvalue weighted by atomic mass is 32.2. The number of ether oxygens (including phenoxy) is 2. The van der Waals surface area contributed by atoms with Gasteiger partial charge in [0.15, 0.2) is 0 Å². The normalized spacial score (nSPS) is 11.8. The Labute approximate surface area is 252 Å². The van der Waals surface area contributed by atoms with Crippen molar-refractivity contribution in [3.63, 3.8) is 0 Å². The van der Waals surface area contributed by atoms with Gasteiger partial charge >= 0.3 is 12.2 Å². The minimum Gasteiger partial charge on any atom is -0.452 e. The molecule has 0 aliphatic heterocycles. The molecule has 1 aromatic heterocycles. The molecule has 0 fully saturated rings. The van der Waals surface area contributed by atoms with Crippen molar-refractivity contribution in [1.82, 2.24) is 14.0 Å². The maximum Gasteiger partial charge on any atom is 0.420 e. The maximum atomic E-state index is 13.8. The molecule has 4 rings (SSSR count). The van der Waals surface area contributed by atoms with Crippen molar-refractivity contribution in [2.45, 2.75) is 22.8 Å². The van der Waals surface area contributed by atoms with Crippen LogP contribution in [0.25, 0.3) is 10.9 Å². The van der Waals surface area contributed by atoms with Gasteiger partial charge in [-0.3, -0.25) is 4.79 Å². The zero-order valence-corrected chi connectivity index (χ0v) is 25.1. The summed E-state index contributed by atoms with van der Waals surface area (Å²) in [6, 6.07) is 16.3. The van der Waals surface area contributed by atoms with Crippen LogP contribution in [0.3, 0.4) is 0 Å². The van der Waals surface area contributed by atoms with E-state index in [0.29, 0.717) is 22.3 Å². The van der Waals surface area contributed by atoms with Gasteiger partial charge in [0.25, 0.3) is 20.0 Å². The van der Waals surface area contributed by atoms with Crippen LogP contribution in [0.5, 0.6) is 0 Å². The Kier molecular flexibility index (Phi) is 10.5. The lowest BCUT2D eigenvalue weighted by Gasteiger charge is -2.16. The molecule has 0 saturated carbocycles. The molecule has 4 aromatic rings. The zero-order chi connectivity index (χ0) is 32.7. The number of hydrogen-bond donors (Lipinski definition) is 4. The number of amides is 3. The van der Waals surface area contributed by atoms with Crippen molar-refractivity contribution in [2.75, 3.05) is 25.3 Å². The zero-order valence-electron chi connectivity index (χ0n) is 23.5. The van der Waals surface area contributed by atoms with E-state index in [1.165, 1.54) is 54.6 Å². The van der Waals surface area contributed by atoms with Gasteiger partial charge in [-0.2, -0.15) is 0 Å². The van der Waals surface area contributed by atoms with Crippen molar-refractivity contribution < 1.29 is 45.1 Å². The summed E-state index contributed by atoms with van der Waals surface area (Å²) in [5.74, 6) is -0.735. The third-order valence-electron chi connectivity index (χ3n) is 5.94. The van der Waals surface area contributed by atoms with Crippen LogP contribution in [-0.2, 0) is 34.3 Å². The van der Waals surface area contributed by atoms with Crippen LogP contribution in [0.15, 0.2) is 88.8 Å². The summed E-state index contributed by atoms with van der Waals surface area (Å²) in [5, 5.41) is 3.10. The molecule has 0 aliphatic rings. The van der Waals surface area contributed by atoms with Gasteiger partial charge in [-0.05, 0) is 73.7 Å². The number of nitrogens with two attached hydrogens (primary N) is 1. The Hall–Kier alpha value is -5.16.